The molecule has 0 radical (unpaired) electrons. The summed E-state index contributed by atoms with van der Waals surface area (Å²) in [4.78, 5) is 24.1. The Morgan fingerprint density at radius 2 is 1.70 bits per heavy atom. The number of fused-ring (bicyclic) bond motifs is 1. The Labute approximate surface area is 141 Å². The van der Waals surface area contributed by atoms with E-state index in [1.165, 1.54) is 36.4 Å². The lowest BCUT2D eigenvalue weighted by Gasteiger charge is -2.28. The summed E-state index contributed by atoms with van der Waals surface area (Å²) >= 11 is 12.2. The van der Waals surface area contributed by atoms with Crippen molar-refractivity contribution in [2.75, 3.05) is 5.32 Å². The summed E-state index contributed by atoms with van der Waals surface area (Å²) in [5.74, 6) is -1.99. The number of halogens is 2. The van der Waals surface area contributed by atoms with Crippen LogP contribution in [0.4, 0.5) is 5.69 Å². The Balaban J connectivity index is 2.22. The van der Waals surface area contributed by atoms with Gasteiger partial charge in [-0.2, -0.15) is 0 Å². The first-order valence-corrected chi connectivity index (χ1v) is 7.41. The van der Waals surface area contributed by atoms with Crippen LogP contribution in [0.15, 0.2) is 36.4 Å². The molecule has 0 fully saturated rings. The third-order valence-corrected chi connectivity index (χ3v) is 4.54. The zero-order chi connectivity index (χ0) is 16.8. The van der Waals surface area contributed by atoms with Crippen LogP contribution >= 0.6 is 23.2 Å². The number of anilines is 1. The lowest BCUT2D eigenvalue weighted by Crippen LogP contribution is -2.41. The predicted octanol–water partition coefficient (Wildman–Crippen LogP) is 2.82. The first-order chi connectivity index (χ1) is 10.9. The maximum absolute atomic E-state index is 12.4. The van der Waals surface area contributed by atoms with Gasteiger partial charge in [0.25, 0.3) is 5.91 Å². The highest BCUT2D eigenvalue weighted by atomic mass is 35.5. The Kier molecular flexibility index (Phi) is 3.80. The van der Waals surface area contributed by atoms with Crippen LogP contribution in [0.5, 0.6) is 5.75 Å². The Morgan fingerprint density at radius 1 is 1.09 bits per heavy atom. The van der Waals surface area contributed by atoms with Crippen LogP contribution in [0, 0.1) is 0 Å². The molecular weight excluding hydrogens is 341 g/mol. The van der Waals surface area contributed by atoms with Gasteiger partial charge in [-0.05, 0) is 29.8 Å². The molecule has 5 nitrogen and oxygen atoms in total. The van der Waals surface area contributed by atoms with Gasteiger partial charge in [-0.1, -0.05) is 35.3 Å². The normalized spacial score (nSPS) is 20.7. The zero-order valence-electron chi connectivity index (χ0n) is 11.6. The van der Waals surface area contributed by atoms with E-state index < -0.39 is 17.4 Å². The number of hydrogen-bond acceptors (Lipinski definition) is 4. The van der Waals surface area contributed by atoms with Gasteiger partial charge in [-0.25, -0.2) is 0 Å². The minimum absolute atomic E-state index is 0.00254. The third-order valence-electron chi connectivity index (χ3n) is 3.91. The number of aromatic hydroxyl groups is 1. The van der Waals surface area contributed by atoms with E-state index in [1.54, 1.807) is 0 Å². The molecule has 3 rings (SSSR count). The van der Waals surface area contributed by atoms with Crippen LogP contribution < -0.4 is 5.32 Å². The van der Waals surface area contributed by atoms with Gasteiger partial charge in [0.2, 0.25) is 0 Å². The topological polar surface area (TPSA) is 86.6 Å². The second-order valence-corrected chi connectivity index (χ2v) is 6.02. The van der Waals surface area contributed by atoms with Gasteiger partial charge in [0.05, 0.1) is 16.6 Å². The van der Waals surface area contributed by atoms with E-state index in [0.717, 1.165) is 0 Å². The maximum Gasteiger partial charge on any atom is 0.262 e. The monoisotopic (exact) mass is 351 g/mol. The summed E-state index contributed by atoms with van der Waals surface area (Å²) in [6.07, 6.45) is 0.471. The molecule has 23 heavy (non-hydrogen) atoms. The molecule has 2 aromatic rings. The van der Waals surface area contributed by atoms with Crippen molar-refractivity contribution in [1.29, 1.82) is 0 Å². The molecule has 1 heterocycles. The highest BCUT2D eigenvalue weighted by Gasteiger charge is 2.53. The van der Waals surface area contributed by atoms with Gasteiger partial charge in [0, 0.05) is 10.6 Å². The van der Waals surface area contributed by atoms with Crippen LogP contribution in [0.3, 0.4) is 0 Å². The zero-order valence-corrected chi connectivity index (χ0v) is 13.1. The van der Waals surface area contributed by atoms with Gasteiger partial charge < -0.3 is 20.3 Å². The standard InChI is InChI=1S/C16H11Cl2NO4/c17-11-5-6-12(18)14-13(11)16(23,15(22)19-14)10(7-20)8-1-3-9(21)4-2-8/h1-7,10,21,23H,(H,19,22). The predicted molar refractivity (Wildman–Crippen MR) is 85.9 cm³/mol. The number of carbonyl (C=O) groups excluding carboxylic acids is 2. The molecular formula is C16H11Cl2NO4. The number of rotatable bonds is 3. The SMILES string of the molecule is O=CC(c1ccc(O)cc1)C1(O)C(=O)Nc2c(Cl)ccc(Cl)c21. The molecule has 2 aromatic carbocycles. The summed E-state index contributed by atoms with van der Waals surface area (Å²) in [7, 11) is 0. The number of hydrogen-bond donors (Lipinski definition) is 3. The number of benzene rings is 2. The molecule has 0 aliphatic carbocycles. The van der Waals surface area contributed by atoms with E-state index in [2.05, 4.69) is 5.32 Å². The fraction of sp³-hybridized carbons (Fsp3) is 0.125. The second-order valence-electron chi connectivity index (χ2n) is 5.21. The number of aldehydes is 1. The molecule has 1 aliphatic heterocycles. The molecule has 0 saturated carbocycles. The average Bonchev–Trinajstić information content (AvgIpc) is 2.80. The first-order valence-electron chi connectivity index (χ1n) is 6.66. The van der Waals surface area contributed by atoms with E-state index in [1.807, 2.05) is 0 Å². The van der Waals surface area contributed by atoms with Gasteiger partial charge >= 0.3 is 0 Å². The number of carbonyl (C=O) groups is 2. The average molecular weight is 352 g/mol. The van der Waals surface area contributed by atoms with E-state index in [4.69, 9.17) is 23.2 Å². The summed E-state index contributed by atoms with van der Waals surface area (Å²) in [6, 6.07) is 8.58. The van der Waals surface area contributed by atoms with Crippen LogP contribution in [-0.2, 0) is 15.2 Å². The molecule has 2 atom stereocenters. The molecule has 1 aliphatic rings. The molecule has 0 aromatic heterocycles. The van der Waals surface area contributed by atoms with Gasteiger partial charge in [-0.15, -0.1) is 0 Å². The minimum atomic E-state index is -2.18. The van der Waals surface area contributed by atoms with Crippen molar-refractivity contribution >= 4 is 41.1 Å². The molecule has 7 heteroatoms. The van der Waals surface area contributed by atoms with Gasteiger partial charge in [0.15, 0.2) is 5.60 Å². The summed E-state index contributed by atoms with van der Waals surface area (Å²) in [6.45, 7) is 0. The van der Waals surface area contributed by atoms with Crippen LogP contribution in [0.1, 0.15) is 17.0 Å². The molecule has 2 unspecified atom stereocenters. The van der Waals surface area contributed by atoms with Gasteiger partial charge in [0.1, 0.15) is 12.0 Å². The number of phenolic OH excluding ortho intramolecular Hbond substituents is 1. The first kappa shape index (κ1) is 15.8. The summed E-state index contributed by atoms with van der Waals surface area (Å²) in [5.41, 5.74) is -1.56. The van der Waals surface area contributed by atoms with Crippen LogP contribution in [-0.4, -0.2) is 22.4 Å². The quantitative estimate of drug-likeness (QED) is 0.742. The largest absolute Gasteiger partial charge is 0.508 e. The number of nitrogens with one attached hydrogen (secondary N) is 1. The van der Waals surface area contributed by atoms with E-state index in [9.17, 15) is 19.8 Å². The van der Waals surface area contributed by atoms with Gasteiger partial charge in [-0.3, -0.25) is 4.79 Å². The lowest BCUT2D eigenvalue weighted by atomic mass is 9.79. The molecule has 0 bridgehead atoms. The van der Waals surface area contributed by atoms with Crippen LogP contribution in [0.25, 0.3) is 0 Å². The van der Waals surface area contributed by atoms with E-state index in [0.29, 0.717) is 11.8 Å². The Bertz CT molecular complexity index is 806. The number of aliphatic hydroxyl groups is 1. The van der Waals surface area contributed by atoms with Crippen molar-refractivity contribution in [1.82, 2.24) is 0 Å². The number of phenols is 1. The van der Waals surface area contributed by atoms with E-state index >= 15 is 0 Å². The van der Waals surface area contributed by atoms with Crippen molar-refractivity contribution in [3.05, 3.63) is 57.6 Å². The molecule has 118 valence electrons. The minimum Gasteiger partial charge on any atom is -0.508 e. The fourth-order valence-corrected chi connectivity index (χ4v) is 3.27. The molecule has 1 amide bonds. The molecule has 3 N–H and O–H groups in total. The van der Waals surface area contributed by atoms with Crippen molar-refractivity contribution in [2.24, 2.45) is 0 Å². The number of amides is 1. The molecule has 0 spiro atoms. The van der Waals surface area contributed by atoms with Crippen LogP contribution in [0.2, 0.25) is 10.0 Å². The van der Waals surface area contributed by atoms with Crippen molar-refractivity contribution in [3.63, 3.8) is 0 Å². The van der Waals surface area contributed by atoms with Crippen molar-refractivity contribution < 1.29 is 19.8 Å². The van der Waals surface area contributed by atoms with E-state index in [-0.39, 0.29) is 27.0 Å². The maximum atomic E-state index is 12.4. The summed E-state index contributed by atoms with van der Waals surface area (Å²) < 4.78 is 0. The smallest absolute Gasteiger partial charge is 0.262 e. The Hall–Kier alpha value is -2.08. The fourth-order valence-electron chi connectivity index (χ4n) is 2.77. The summed E-state index contributed by atoms with van der Waals surface area (Å²) in [5, 5.41) is 23.2. The highest BCUT2D eigenvalue weighted by Crippen LogP contribution is 2.50. The lowest BCUT2D eigenvalue weighted by molar-refractivity contribution is -0.139. The second kappa shape index (κ2) is 5.53. The van der Waals surface area contributed by atoms with Crippen molar-refractivity contribution in [3.8, 4) is 5.75 Å². The third kappa shape index (κ3) is 2.28. The Morgan fingerprint density at radius 3 is 2.30 bits per heavy atom. The van der Waals surface area contributed by atoms with Crippen molar-refractivity contribution in [2.45, 2.75) is 11.5 Å². The molecule has 0 saturated heterocycles. The highest BCUT2D eigenvalue weighted by molar-refractivity contribution is 6.38.